The Kier molecular flexibility index (Phi) is 4.87. The summed E-state index contributed by atoms with van der Waals surface area (Å²) in [5.41, 5.74) is 0. The zero-order valence-electron chi connectivity index (χ0n) is 11.7. The van der Waals surface area contributed by atoms with Crippen LogP contribution in [0.4, 0.5) is 0 Å². The molecule has 0 aromatic heterocycles. The summed E-state index contributed by atoms with van der Waals surface area (Å²) in [6.45, 7) is 8.04. The molecule has 2 heteroatoms. The van der Waals surface area contributed by atoms with Gasteiger partial charge in [-0.1, -0.05) is 19.8 Å². The number of hydrogen-bond donors (Lipinski definition) is 1. The second-order valence-electron chi connectivity index (χ2n) is 6.47. The van der Waals surface area contributed by atoms with Crippen molar-refractivity contribution < 1.29 is 4.74 Å². The van der Waals surface area contributed by atoms with Crippen LogP contribution in [0.1, 0.15) is 59.3 Å². The SMILES string of the molecule is CC1CCCC(CNC2CC(C)OC(C)C2)C1. The molecule has 1 N–H and O–H groups in total. The maximum atomic E-state index is 5.79. The van der Waals surface area contributed by atoms with Crippen molar-refractivity contribution in [2.45, 2.75) is 77.5 Å². The minimum absolute atomic E-state index is 0.432. The fourth-order valence-corrected chi connectivity index (χ4v) is 3.65. The van der Waals surface area contributed by atoms with Crippen LogP contribution in [0.3, 0.4) is 0 Å². The molecule has 0 bridgehead atoms. The molecule has 1 heterocycles. The van der Waals surface area contributed by atoms with Gasteiger partial charge >= 0.3 is 0 Å². The highest BCUT2D eigenvalue weighted by atomic mass is 16.5. The van der Waals surface area contributed by atoms with Crippen LogP contribution < -0.4 is 5.32 Å². The molecule has 0 aromatic rings. The molecule has 4 unspecified atom stereocenters. The lowest BCUT2D eigenvalue weighted by Crippen LogP contribution is -2.43. The van der Waals surface area contributed by atoms with E-state index in [2.05, 4.69) is 26.1 Å². The van der Waals surface area contributed by atoms with Crippen molar-refractivity contribution >= 4 is 0 Å². The highest BCUT2D eigenvalue weighted by Crippen LogP contribution is 2.28. The summed E-state index contributed by atoms with van der Waals surface area (Å²) in [6.07, 6.45) is 8.99. The molecule has 2 fully saturated rings. The van der Waals surface area contributed by atoms with Crippen molar-refractivity contribution in [2.75, 3.05) is 6.54 Å². The Morgan fingerprint density at radius 3 is 2.35 bits per heavy atom. The zero-order valence-corrected chi connectivity index (χ0v) is 11.7. The Labute approximate surface area is 107 Å². The number of nitrogens with one attached hydrogen (secondary N) is 1. The molecular weight excluding hydrogens is 210 g/mol. The van der Waals surface area contributed by atoms with Crippen molar-refractivity contribution in [3.05, 3.63) is 0 Å². The van der Waals surface area contributed by atoms with Gasteiger partial charge in [0.05, 0.1) is 12.2 Å². The fourth-order valence-electron chi connectivity index (χ4n) is 3.65. The molecule has 0 radical (unpaired) electrons. The molecule has 100 valence electrons. The summed E-state index contributed by atoms with van der Waals surface area (Å²) in [7, 11) is 0. The average Bonchev–Trinajstić information content (AvgIpc) is 2.25. The molecular formula is C15H29NO. The van der Waals surface area contributed by atoms with E-state index in [1.54, 1.807) is 0 Å². The Bertz CT molecular complexity index is 221. The van der Waals surface area contributed by atoms with E-state index in [4.69, 9.17) is 4.74 Å². The van der Waals surface area contributed by atoms with Gasteiger partial charge in [0.2, 0.25) is 0 Å². The molecule has 2 rings (SSSR count). The summed E-state index contributed by atoms with van der Waals surface area (Å²) in [5, 5.41) is 3.79. The molecule has 1 aliphatic heterocycles. The molecule has 0 spiro atoms. The molecule has 4 atom stereocenters. The van der Waals surface area contributed by atoms with Gasteiger partial charge < -0.3 is 10.1 Å². The first kappa shape index (κ1) is 13.4. The third-order valence-electron chi connectivity index (χ3n) is 4.44. The van der Waals surface area contributed by atoms with E-state index in [1.807, 2.05) is 0 Å². The monoisotopic (exact) mass is 239 g/mol. The first-order chi connectivity index (χ1) is 8.13. The van der Waals surface area contributed by atoms with E-state index in [9.17, 15) is 0 Å². The van der Waals surface area contributed by atoms with Gasteiger partial charge in [-0.05, 0) is 57.9 Å². The quantitative estimate of drug-likeness (QED) is 0.815. The van der Waals surface area contributed by atoms with E-state index < -0.39 is 0 Å². The Morgan fingerprint density at radius 1 is 1.00 bits per heavy atom. The summed E-state index contributed by atoms with van der Waals surface area (Å²) in [4.78, 5) is 0. The summed E-state index contributed by atoms with van der Waals surface area (Å²) >= 11 is 0. The van der Waals surface area contributed by atoms with Crippen LogP contribution in [0.15, 0.2) is 0 Å². The number of rotatable bonds is 3. The minimum atomic E-state index is 0.432. The normalized spacial score (nSPS) is 43.6. The number of ether oxygens (including phenoxy) is 1. The van der Waals surface area contributed by atoms with Gasteiger partial charge in [-0.25, -0.2) is 0 Å². The molecule has 1 saturated heterocycles. The maximum Gasteiger partial charge on any atom is 0.0565 e. The van der Waals surface area contributed by atoms with Gasteiger partial charge in [0.15, 0.2) is 0 Å². The average molecular weight is 239 g/mol. The van der Waals surface area contributed by atoms with Gasteiger partial charge in [0.1, 0.15) is 0 Å². The van der Waals surface area contributed by atoms with Gasteiger partial charge in [0.25, 0.3) is 0 Å². The van der Waals surface area contributed by atoms with Crippen LogP contribution in [0, 0.1) is 11.8 Å². The molecule has 2 aliphatic rings. The van der Waals surface area contributed by atoms with Crippen LogP contribution >= 0.6 is 0 Å². The molecule has 2 nitrogen and oxygen atoms in total. The van der Waals surface area contributed by atoms with Crippen LogP contribution in [0.2, 0.25) is 0 Å². The van der Waals surface area contributed by atoms with E-state index >= 15 is 0 Å². The first-order valence-corrected chi connectivity index (χ1v) is 7.52. The highest BCUT2D eigenvalue weighted by Gasteiger charge is 2.25. The second-order valence-corrected chi connectivity index (χ2v) is 6.47. The third-order valence-corrected chi connectivity index (χ3v) is 4.44. The lowest BCUT2D eigenvalue weighted by atomic mass is 9.82. The first-order valence-electron chi connectivity index (χ1n) is 7.52. The van der Waals surface area contributed by atoms with Crippen molar-refractivity contribution in [2.24, 2.45) is 11.8 Å². The van der Waals surface area contributed by atoms with Gasteiger partial charge in [-0.3, -0.25) is 0 Å². The predicted octanol–water partition coefficient (Wildman–Crippen LogP) is 3.36. The van der Waals surface area contributed by atoms with E-state index in [0.29, 0.717) is 18.2 Å². The predicted molar refractivity (Wildman–Crippen MR) is 72.2 cm³/mol. The van der Waals surface area contributed by atoms with E-state index in [1.165, 1.54) is 45.1 Å². The standard InChI is InChI=1S/C15H29NO/c1-11-5-4-6-14(7-11)10-16-15-8-12(2)17-13(3)9-15/h11-16H,4-10H2,1-3H3. The van der Waals surface area contributed by atoms with Crippen LogP contribution in [-0.2, 0) is 4.74 Å². The molecule has 17 heavy (non-hydrogen) atoms. The maximum absolute atomic E-state index is 5.79. The van der Waals surface area contributed by atoms with E-state index in [-0.39, 0.29) is 0 Å². The summed E-state index contributed by atoms with van der Waals surface area (Å²) < 4.78 is 5.79. The zero-order chi connectivity index (χ0) is 12.3. The largest absolute Gasteiger partial charge is 0.375 e. The lowest BCUT2D eigenvalue weighted by Gasteiger charge is -2.34. The molecule has 1 aliphatic carbocycles. The summed E-state index contributed by atoms with van der Waals surface area (Å²) in [5.74, 6) is 1.87. The topological polar surface area (TPSA) is 21.3 Å². The van der Waals surface area contributed by atoms with Gasteiger partial charge in [-0.2, -0.15) is 0 Å². The third kappa shape index (κ3) is 4.26. The molecule has 0 amide bonds. The van der Waals surface area contributed by atoms with Gasteiger partial charge in [-0.15, -0.1) is 0 Å². The van der Waals surface area contributed by atoms with Crippen LogP contribution in [0.5, 0.6) is 0 Å². The number of hydrogen-bond acceptors (Lipinski definition) is 2. The summed E-state index contributed by atoms with van der Waals surface area (Å²) in [6, 6.07) is 0.686. The minimum Gasteiger partial charge on any atom is -0.375 e. The van der Waals surface area contributed by atoms with Crippen molar-refractivity contribution in [1.29, 1.82) is 0 Å². The van der Waals surface area contributed by atoms with Crippen molar-refractivity contribution in [1.82, 2.24) is 5.32 Å². The molecule has 0 aromatic carbocycles. The van der Waals surface area contributed by atoms with Crippen LogP contribution in [-0.4, -0.2) is 24.8 Å². The van der Waals surface area contributed by atoms with Crippen molar-refractivity contribution in [3.8, 4) is 0 Å². The van der Waals surface area contributed by atoms with Crippen molar-refractivity contribution in [3.63, 3.8) is 0 Å². The Morgan fingerprint density at radius 2 is 1.71 bits per heavy atom. The van der Waals surface area contributed by atoms with Crippen LogP contribution in [0.25, 0.3) is 0 Å². The fraction of sp³-hybridized carbons (Fsp3) is 1.00. The lowest BCUT2D eigenvalue weighted by molar-refractivity contribution is -0.0426. The smallest absolute Gasteiger partial charge is 0.0565 e. The van der Waals surface area contributed by atoms with E-state index in [0.717, 1.165) is 11.8 Å². The Balaban J connectivity index is 1.70. The highest BCUT2D eigenvalue weighted by molar-refractivity contribution is 4.80. The molecule has 1 saturated carbocycles. The van der Waals surface area contributed by atoms with Gasteiger partial charge in [0, 0.05) is 6.04 Å². The second kappa shape index (κ2) is 6.19. The Hall–Kier alpha value is -0.0800.